The smallest absolute Gasteiger partial charge is 0.321 e. The second kappa shape index (κ2) is 8.21. The highest BCUT2D eigenvalue weighted by Crippen LogP contribution is 2.28. The van der Waals surface area contributed by atoms with Gasteiger partial charge in [-0.25, -0.2) is 9.78 Å². The first kappa shape index (κ1) is 18.4. The molecule has 0 saturated heterocycles. The first-order chi connectivity index (χ1) is 11.3. The Labute approximate surface area is 149 Å². The molecule has 1 heterocycles. The van der Waals surface area contributed by atoms with Crippen molar-refractivity contribution in [1.82, 2.24) is 15.6 Å². The normalized spacial score (nSPS) is 12.0. The van der Waals surface area contributed by atoms with Gasteiger partial charge >= 0.3 is 6.03 Å². The lowest BCUT2D eigenvalue weighted by Gasteiger charge is -2.11. The summed E-state index contributed by atoms with van der Waals surface area (Å²) in [6, 6.07) is 6.60. The van der Waals surface area contributed by atoms with E-state index in [2.05, 4.69) is 15.6 Å². The summed E-state index contributed by atoms with van der Waals surface area (Å²) in [6.45, 7) is 5.30. The number of benzene rings is 1. The number of thioether (sulfide) groups is 1. The van der Waals surface area contributed by atoms with Gasteiger partial charge in [-0.3, -0.25) is 10.1 Å². The van der Waals surface area contributed by atoms with Crippen molar-refractivity contribution in [2.75, 3.05) is 0 Å². The average Bonchev–Trinajstić information content (AvgIpc) is 2.95. The lowest BCUT2D eigenvalue weighted by Crippen LogP contribution is -2.45. The first-order valence-corrected chi connectivity index (χ1v) is 8.60. The van der Waals surface area contributed by atoms with E-state index < -0.39 is 17.2 Å². The number of nitrogens with zero attached hydrogens (tertiary/aromatic N) is 1. The summed E-state index contributed by atoms with van der Waals surface area (Å²) in [5, 5.41) is 5.34. The van der Waals surface area contributed by atoms with Crippen LogP contribution in [-0.4, -0.2) is 28.2 Å². The van der Waals surface area contributed by atoms with Gasteiger partial charge in [0.05, 0.1) is 11.4 Å². The van der Waals surface area contributed by atoms with E-state index in [9.17, 15) is 9.59 Å². The van der Waals surface area contributed by atoms with Crippen LogP contribution in [0.3, 0.4) is 0 Å². The van der Waals surface area contributed by atoms with Crippen molar-refractivity contribution in [3.8, 4) is 11.3 Å². The third-order valence-corrected chi connectivity index (χ3v) is 4.13. The molecule has 2 N–H and O–H groups in total. The molecule has 0 radical (unpaired) electrons. The summed E-state index contributed by atoms with van der Waals surface area (Å²) < 4.78 is 5.63. The zero-order valence-electron chi connectivity index (χ0n) is 13.5. The second-order valence-electron chi connectivity index (χ2n) is 5.37. The van der Waals surface area contributed by atoms with Crippen LogP contribution in [-0.2, 0) is 4.79 Å². The molecule has 0 spiro atoms. The molecule has 3 amide bonds. The molecule has 0 saturated carbocycles. The molecule has 0 bridgehead atoms. The fourth-order valence-electron chi connectivity index (χ4n) is 1.78. The molecule has 0 fully saturated rings. The molecule has 0 unspecified atom stereocenters. The van der Waals surface area contributed by atoms with Gasteiger partial charge in [-0.1, -0.05) is 23.4 Å². The van der Waals surface area contributed by atoms with Crippen LogP contribution in [0.1, 0.15) is 20.8 Å². The van der Waals surface area contributed by atoms with Gasteiger partial charge in [-0.2, -0.15) is 0 Å². The van der Waals surface area contributed by atoms with E-state index in [0.717, 1.165) is 17.3 Å². The van der Waals surface area contributed by atoms with Gasteiger partial charge in [-0.05, 0) is 45.0 Å². The van der Waals surface area contributed by atoms with Crippen LogP contribution in [0, 0.1) is 0 Å². The summed E-state index contributed by atoms with van der Waals surface area (Å²) in [5.41, 5.74) is 0.840. The van der Waals surface area contributed by atoms with E-state index in [1.54, 1.807) is 25.3 Å². The maximum absolute atomic E-state index is 12.0. The number of carbonyl (C=O) groups is 2. The number of oxazole rings is 1. The average molecular weight is 368 g/mol. The molecule has 2 aromatic rings. The predicted molar refractivity (Wildman–Crippen MR) is 94.1 cm³/mol. The van der Waals surface area contributed by atoms with Crippen LogP contribution < -0.4 is 10.6 Å². The number of nitrogens with one attached hydrogen (secondary N) is 2. The molecular weight excluding hydrogens is 350 g/mol. The van der Waals surface area contributed by atoms with Gasteiger partial charge in [0, 0.05) is 16.6 Å². The van der Waals surface area contributed by atoms with Crippen LogP contribution in [0.15, 0.2) is 40.1 Å². The topological polar surface area (TPSA) is 84.2 Å². The van der Waals surface area contributed by atoms with Gasteiger partial charge in [0.1, 0.15) is 0 Å². The molecule has 128 valence electrons. The number of halogens is 1. The number of amides is 3. The molecule has 1 aromatic carbocycles. The number of carbonyl (C=O) groups excluding carboxylic acids is 2. The number of imide groups is 1. The quantitative estimate of drug-likeness (QED) is 0.787. The molecule has 1 atom stereocenters. The fraction of sp³-hybridized carbons (Fsp3) is 0.312. The highest BCUT2D eigenvalue weighted by molar-refractivity contribution is 8.00. The van der Waals surface area contributed by atoms with Crippen molar-refractivity contribution in [1.29, 1.82) is 0 Å². The Kier molecular flexibility index (Phi) is 6.28. The zero-order valence-corrected chi connectivity index (χ0v) is 15.1. The minimum atomic E-state index is -0.528. The van der Waals surface area contributed by atoms with Gasteiger partial charge in [0.15, 0.2) is 5.76 Å². The minimum absolute atomic E-state index is 0.0468. The molecule has 24 heavy (non-hydrogen) atoms. The van der Waals surface area contributed by atoms with E-state index >= 15 is 0 Å². The zero-order chi connectivity index (χ0) is 17.7. The van der Waals surface area contributed by atoms with Gasteiger partial charge in [0.2, 0.25) is 5.91 Å². The van der Waals surface area contributed by atoms with E-state index in [1.807, 2.05) is 26.0 Å². The highest BCUT2D eigenvalue weighted by Gasteiger charge is 2.20. The third kappa shape index (κ3) is 5.28. The standard InChI is InChI=1S/C16H18ClN3O3S/c1-9(2)19-15(22)20-14(21)10(3)24-16-18-8-13(23-16)11-4-6-12(17)7-5-11/h4-10H,1-3H3,(H2,19,20,21,22)/t10-/m0/s1. The summed E-state index contributed by atoms with van der Waals surface area (Å²) in [5.74, 6) is 0.170. The number of urea groups is 1. The highest BCUT2D eigenvalue weighted by atomic mass is 35.5. The first-order valence-electron chi connectivity index (χ1n) is 7.35. The monoisotopic (exact) mass is 367 g/mol. The van der Waals surface area contributed by atoms with Crippen molar-refractivity contribution >= 4 is 35.3 Å². The molecule has 1 aromatic heterocycles. The lowest BCUT2D eigenvalue weighted by molar-refractivity contribution is -0.119. The molecule has 2 rings (SSSR count). The van der Waals surface area contributed by atoms with Gasteiger partial charge < -0.3 is 9.73 Å². The van der Waals surface area contributed by atoms with E-state index in [0.29, 0.717) is 16.0 Å². The van der Waals surface area contributed by atoms with Crippen molar-refractivity contribution in [3.05, 3.63) is 35.5 Å². The summed E-state index contributed by atoms with van der Waals surface area (Å²) >= 11 is 6.99. The molecule has 0 aliphatic heterocycles. The van der Waals surface area contributed by atoms with Crippen molar-refractivity contribution < 1.29 is 14.0 Å². The summed E-state index contributed by atoms with van der Waals surface area (Å²) in [6.07, 6.45) is 1.58. The molecular formula is C16H18ClN3O3S. The number of rotatable bonds is 5. The fourth-order valence-corrected chi connectivity index (χ4v) is 2.62. The number of hydrogen-bond donors (Lipinski definition) is 2. The van der Waals surface area contributed by atoms with E-state index in [1.165, 1.54) is 0 Å². The Bertz CT molecular complexity index is 716. The van der Waals surface area contributed by atoms with Crippen molar-refractivity contribution in [3.63, 3.8) is 0 Å². The maximum Gasteiger partial charge on any atom is 0.321 e. The minimum Gasteiger partial charge on any atom is -0.431 e. The Morgan fingerprint density at radius 1 is 1.21 bits per heavy atom. The van der Waals surface area contributed by atoms with E-state index in [-0.39, 0.29) is 6.04 Å². The Hall–Kier alpha value is -1.99. The van der Waals surface area contributed by atoms with Crippen molar-refractivity contribution in [2.24, 2.45) is 0 Å². The summed E-state index contributed by atoms with van der Waals surface area (Å²) in [4.78, 5) is 27.7. The Morgan fingerprint density at radius 2 is 1.88 bits per heavy atom. The maximum atomic E-state index is 12.0. The van der Waals surface area contributed by atoms with Crippen LogP contribution in [0.4, 0.5) is 4.79 Å². The Balaban J connectivity index is 1.95. The number of aromatic nitrogens is 1. The van der Waals surface area contributed by atoms with Crippen molar-refractivity contribution in [2.45, 2.75) is 37.3 Å². The lowest BCUT2D eigenvalue weighted by atomic mass is 10.2. The molecule has 0 aliphatic carbocycles. The summed E-state index contributed by atoms with van der Waals surface area (Å²) in [7, 11) is 0. The molecule has 8 heteroatoms. The third-order valence-electron chi connectivity index (χ3n) is 2.92. The van der Waals surface area contributed by atoms with Crippen LogP contribution in [0.2, 0.25) is 5.02 Å². The predicted octanol–water partition coefficient (Wildman–Crippen LogP) is 3.71. The van der Waals surface area contributed by atoms with Crippen LogP contribution >= 0.6 is 23.4 Å². The largest absolute Gasteiger partial charge is 0.431 e. The van der Waals surface area contributed by atoms with Gasteiger partial charge in [-0.15, -0.1) is 0 Å². The number of hydrogen-bond acceptors (Lipinski definition) is 5. The SMILES string of the molecule is CC(C)NC(=O)NC(=O)[C@H](C)Sc1ncc(-c2ccc(Cl)cc2)o1. The molecule has 0 aliphatic rings. The van der Waals surface area contributed by atoms with Gasteiger partial charge in [0.25, 0.3) is 5.22 Å². The Morgan fingerprint density at radius 3 is 2.50 bits per heavy atom. The van der Waals surface area contributed by atoms with E-state index in [4.69, 9.17) is 16.0 Å². The second-order valence-corrected chi connectivity index (χ2v) is 7.10. The molecule has 6 nitrogen and oxygen atoms in total. The van der Waals surface area contributed by atoms with Crippen LogP contribution in [0.25, 0.3) is 11.3 Å². The van der Waals surface area contributed by atoms with Crippen LogP contribution in [0.5, 0.6) is 0 Å².